The van der Waals surface area contributed by atoms with Crippen LogP contribution in [-0.2, 0) is 20.4 Å². The van der Waals surface area contributed by atoms with E-state index in [1.165, 1.54) is 16.8 Å². The number of amides is 1. The van der Waals surface area contributed by atoms with E-state index in [2.05, 4.69) is 15.1 Å². The Hall–Kier alpha value is -2.92. The fourth-order valence-corrected chi connectivity index (χ4v) is 5.57. The highest BCUT2D eigenvalue weighted by atomic mass is 32.2. The minimum atomic E-state index is -4.04. The summed E-state index contributed by atoms with van der Waals surface area (Å²) >= 11 is 0. The van der Waals surface area contributed by atoms with E-state index in [1.54, 1.807) is 19.9 Å². The highest BCUT2D eigenvalue weighted by molar-refractivity contribution is 7.89. The lowest BCUT2D eigenvalue weighted by Gasteiger charge is -2.23. The molecule has 0 unspecified atom stereocenters. The number of carboxylic acid groups (broad SMARTS) is 1. The number of aromatic carboxylic acids is 1. The summed E-state index contributed by atoms with van der Waals surface area (Å²) < 4.78 is 36.9. The summed E-state index contributed by atoms with van der Waals surface area (Å²) in [5.41, 5.74) is -0.204. The van der Waals surface area contributed by atoms with Gasteiger partial charge in [0.1, 0.15) is 10.6 Å². The van der Waals surface area contributed by atoms with Crippen molar-refractivity contribution >= 4 is 27.6 Å². The number of benzene rings is 1. The van der Waals surface area contributed by atoms with Crippen molar-refractivity contribution in [3.63, 3.8) is 0 Å². The van der Waals surface area contributed by atoms with Gasteiger partial charge in [0.2, 0.25) is 21.8 Å². The maximum Gasteiger partial charge on any atom is 0.356 e. The molecule has 1 atom stereocenters. The van der Waals surface area contributed by atoms with Crippen molar-refractivity contribution in [1.29, 1.82) is 0 Å². The van der Waals surface area contributed by atoms with Gasteiger partial charge >= 0.3 is 5.97 Å². The highest BCUT2D eigenvalue weighted by Crippen LogP contribution is 2.36. The molecule has 0 spiro atoms. The van der Waals surface area contributed by atoms with E-state index in [1.807, 2.05) is 27.7 Å². The second-order valence-corrected chi connectivity index (χ2v) is 12.0. The zero-order chi connectivity index (χ0) is 26.8. The maximum absolute atomic E-state index is 13.4. The van der Waals surface area contributed by atoms with Gasteiger partial charge in [-0.05, 0) is 72.1 Å². The molecule has 1 aliphatic rings. The maximum atomic E-state index is 13.4. The Bertz CT molecular complexity index is 1240. The van der Waals surface area contributed by atoms with Crippen molar-refractivity contribution in [3.8, 4) is 11.6 Å². The van der Waals surface area contributed by atoms with Crippen LogP contribution < -0.4 is 14.8 Å². The third kappa shape index (κ3) is 6.07. The number of rotatable bonds is 9. The molecule has 1 fully saturated rings. The molecule has 1 heterocycles. The predicted molar refractivity (Wildman–Crippen MR) is 136 cm³/mol. The van der Waals surface area contributed by atoms with E-state index in [9.17, 15) is 23.1 Å². The third-order valence-electron chi connectivity index (χ3n) is 6.31. The van der Waals surface area contributed by atoms with Crippen LogP contribution in [0.5, 0.6) is 11.6 Å². The molecule has 0 saturated heterocycles. The molecular weight excluding hydrogens is 484 g/mol. The quantitative estimate of drug-likeness (QED) is 0.437. The Kier molecular flexibility index (Phi) is 8.14. The monoisotopic (exact) mass is 520 g/mol. The SMILES string of the molecule is CC[C@@H](C)NS(=O)(=O)c1cc(NC(=O)C2CCCC2)ccc1Oc1c(C)c(C(=O)O)nn1C(C)(C)C. The summed E-state index contributed by atoms with van der Waals surface area (Å²) in [5.74, 6) is -1.31. The normalized spacial score (nSPS) is 15.6. The highest BCUT2D eigenvalue weighted by Gasteiger charge is 2.30. The summed E-state index contributed by atoms with van der Waals surface area (Å²) in [6.07, 6.45) is 4.21. The van der Waals surface area contributed by atoms with Gasteiger partial charge in [-0.3, -0.25) is 4.79 Å². The summed E-state index contributed by atoms with van der Waals surface area (Å²) in [4.78, 5) is 24.2. The fourth-order valence-electron chi connectivity index (χ4n) is 4.09. The first kappa shape index (κ1) is 27.7. The molecule has 2 aromatic rings. The second-order valence-electron chi connectivity index (χ2n) is 10.3. The van der Waals surface area contributed by atoms with Crippen LogP contribution in [0.4, 0.5) is 5.69 Å². The van der Waals surface area contributed by atoms with Crippen molar-refractivity contribution in [2.45, 2.75) is 90.1 Å². The number of carboxylic acids is 1. The number of aromatic nitrogens is 2. The van der Waals surface area contributed by atoms with E-state index >= 15 is 0 Å². The predicted octanol–water partition coefficient (Wildman–Crippen LogP) is 4.64. The van der Waals surface area contributed by atoms with Gasteiger partial charge in [-0.25, -0.2) is 22.6 Å². The van der Waals surface area contributed by atoms with E-state index < -0.39 is 21.5 Å². The molecule has 198 valence electrons. The largest absolute Gasteiger partial charge is 0.476 e. The molecule has 0 aliphatic heterocycles. The van der Waals surface area contributed by atoms with Crippen LogP contribution in [0.25, 0.3) is 0 Å². The van der Waals surface area contributed by atoms with E-state index in [4.69, 9.17) is 4.74 Å². The molecule has 36 heavy (non-hydrogen) atoms. The number of hydrogen-bond donors (Lipinski definition) is 3. The Morgan fingerprint density at radius 1 is 1.25 bits per heavy atom. The van der Waals surface area contributed by atoms with Crippen LogP contribution in [-0.4, -0.2) is 41.2 Å². The summed E-state index contributed by atoms with van der Waals surface area (Å²) in [5, 5.41) is 16.6. The molecule has 10 nitrogen and oxygen atoms in total. The van der Waals surface area contributed by atoms with E-state index in [-0.39, 0.29) is 45.6 Å². The Morgan fingerprint density at radius 3 is 2.44 bits per heavy atom. The van der Waals surface area contributed by atoms with E-state index in [0.29, 0.717) is 12.1 Å². The molecule has 1 aromatic carbocycles. The minimum absolute atomic E-state index is 0.00453. The summed E-state index contributed by atoms with van der Waals surface area (Å²) in [6.45, 7) is 10.7. The van der Waals surface area contributed by atoms with Gasteiger partial charge in [0, 0.05) is 23.2 Å². The molecule has 3 N–H and O–H groups in total. The second kappa shape index (κ2) is 10.6. The third-order valence-corrected chi connectivity index (χ3v) is 7.92. The number of nitrogens with one attached hydrogen (secondary N) is 2. The number of sulfonamides is 1. The molecule has 1 saturated carbocycles. The molecule has 0 bridgehead atoms. The van der Waals surface area contributed by atoms with E-state index in [0.717, 1.165) is 25.7 Å². The van der Waals surface area contributed by atoms with Gasteiger partial charge in [-0.1, -0.05) is 19.8 Å². The fraction of sp³-hybridized carbons (Fsp3) is 0.560. The molecule has 0 radical (unpaired) electrons. The molecule has 1 aromatic heterocycles. The first-order chi connectivity index (χ1) is 16.7. The summed E-state index contributed by atoms with van der Waals surface area (Å²) in [7, 11) is -4.04. The van der Waals surface area contributed by atoms with Gasteiger partial charge in [-0.2, -0.15) is 5.10 Å². The lowest BCUT2D eigenvalue weighted by molar-refractivity contribution is -0.119. The minimum Gasteiger partial charge on any atom is -0.476 e. The number of carbonyl (C=O) groups excluding carboxylic acids is 1. The average Bonchev–Trinajstić information content (AvgIpc) is 3.43. The number of hydrogen-bond acceptors (Lipinski definition) is 6. The van der Waals surface area contributed by atoms with Crippen molar-refractivity contribution in [1.82, 2.24) is 14.5 Å². The first-order valence-electron chi connectivity index (χ1n) is 12.2. The standard InChI is InChI=1S/C25H36N4O6S/c1-7-15(2)28-36(33,34)20-14-18(26-22(30)17-10-8-9-11-17)12-13-19(20)35-23-16(3)21(24(31)32)27-29(23)25(4,5)6/h12-15,17,28H,7-11H2,1-6H3,(H,26,30)(H,31,32)/t15-/m1/s1. The number of ether oxygens (including phenoxy) is 1. The molecule has 11 heteroatoms. The van der Waals surface area contributed by atoms with Gasteiger partial charge < -0.3 is 15.2 Å². The van der Waals surface area contributed by atoms with Crippen LogP contribution in [0, 0.1) is 12.8 Å². The Balaban J connectivity index is 2.08. The molecule has 1 aliphatic carbocycles. The van der Waals surface area contributed by atoms with Crippen molar-refractivity contribution in [2.75, 3.05) is 5.32 Å². The van der Waals surface area contributed by atoms with Gasteiger partial charge in [0.15, 0.2) is 5.69 Å². The van der Waals surface area contributed by atoms with Crippen LogP contribution in [0.3, 0.4) is 0 Å². The number of anilines is 1. The van der Waals surface area contributed by atoms with Gasteiger partial charge in [0.05, 0.1) is 5.54 Å². The molecular formula is C25H36N4O6S. The topological polar surface area (TPSA) is 140 Å². The zero-order valence-corrected chi connectivity index (χ0v) is 22.5. The number of nitrogens with zero attached hydrogens (tertiary/aromatic N) is 2. The lowest BCUT2D eigenvalue weighted by atomic mass is 10.1. The summed E-state index contributed by atoms with van der Waals surface area (Å²) in [6, 6.07) is 4.09. The first-order valence-corrected chi connectivity index (χ1v) is 13.7. The van der Waals surface area contributed by atoms with Crippen molar-refractivity contribution in [2.24, 2.45) is 5.92 Å². The van der Waals surface area contributed by atoms with Gasteiger partial charge in [0.25, 0.3) is 0 Å². The Labute approximate surface area is 212 Å². The Morgan fingerprint density at radius 2 is 1.89 bits per heavy atom. The zero-order valence-electron chi connectivity index (χ0n) is 21.7. The smallest absolute Gasteiger partial charge is 0.356 e. The van der Waals surface area contributed by atoms with Crippen LogP contribution in [0.1, 0.15) is 82.8 Å². The molecule has 1 amide bonds. The van der Waals surface area contributed by atoms with Gasteiger partial charge in [-0.15, -0.1) is 0 Å². The lowest BCUT2D eigenvalue weighted by Crippen LogP contribution is -2.32. The molecule has 3 rings (SSSR count). The van der Waals surface area contributed by atoms with Crippen molar-refractivity contribution < 1.29 is 27.9 Å². The van der Waals surface area contributed by atoms with Crippen molar-refractivity contribution in [3.05, 3.63) is 29.5 Å². The van der Waals surface area contributed by atoms with Crippen LogP contribution in [0.2, 0.25) is 0 Å². The average molecular weight is 521 g/mol. The van der Waals surface area contributed by atoms with Crippen LogP contribution in [0.15, 0.2) is 23.1 Å². The number of carbonyl (C=O) groups is 2. The van der Waals surface area contributed by atoms with Crippen LogP contribution >= 0.6 is 0 Å².